The maximum Gasteiger partial charge on any atom is 0.249 e. The van der Waals surface area contributed by atoms with Gasteiger partial charge in [-0.15, -0.1) is 0 Å². The Labute approximate surface area is 173 Å². The van der Waals surface area contributed by atoms with Gasteiger partial charge in [0.05, 0.1) is 12.1 Å². The SMILES string of the molecule is CCCC(=O)Cc1ccc(Oc2ccnc3cc(CO)c(C(N)=O)cc23)cc1Cl. The average molecular weight is 413 g/mol. The Morgan fingerprint density at radius 2 is 1.97 bits per heavy atom. The summed E-state index contributed by atoms with van der Waals surface area (Å²) in [5, 5.41) is 10.5. The minimum absolute atomic E-state index is 0.141. The van der Waals surface area contributed by atoms with Crippen LogP contribution in [0.2, 0.25) is 5.02 Å². The third-order valence-electron chi connectivity index (χ3n) is 4.53. The number of ketones is 1. The van der Waals surface area contributed by atoms with Gasteiger partial charge in [0, 0.05) is 35.0 Å². The van der Waals surface area contributed by atoms with Crippen LogP contribution in [0.1, 0.15) is 41.3 Å². The molecule has 0 bridgehead atoms. The highest BCUT2D eigenvalue weighted by Crippen LogP contribution is 2.33. The van der Waals surface area contributed by atoms with Crippen molar-refractivity contribution in [2.75, 3.05) is 0 Å². The zero-order chi connectivity index (χ0) is 21.0. The number of carbonyl (C=O) groups is 2. The predicted molar refractivity (Wildman–Crippen MR) is 111 cm³/mol. The number of aromatic nitrogens is 1. The second-order valence-electron chi connectivity index (χ2n) is 6.68. The number of fused-ring (bicyclic) bond motifs is 1. The lowest BCUT2D eigenvalue weighted by Crippen LogP contribution is -2.14. The van der Waals surface area contributed by atoms with Crippen LogP contribution in [0.4, 0.5) is 0 Å². The lowest BCUT2D eigenvalue weighted by molar-refractivity contribution is -0.118. The topological polar surface area (TPSA) is 103 Å². The van der Waals surface area contributed by atoms with E-state index in [0.29, 0.717) is 39.4 Å². The van der Waals surface area contributed by atoms with Crippen LogP contribution in [0, 0.1) is 0 Å². The Kier molecular flexibility index (Phi) is 6.46. The van der Waals surface area contributed by atoms with Crippen molar-refractivity contribution >= 4 is 34.2 Å². The molecule has 0 aliphatic rings. The number of halogens is 1. The van der Waals surface area contributed by atoms with Crippen molar-refractivity contribution in [3.05, 3.63) is 64.3 Å². The van der Waals surface area contributed by atoms with Crippen molar-refractivity contribution in [2.24, 2.45) is 5.73 Å². The van der Waals surface area contributed by atoms with Gasteiger partial charge in [0.1, 0.15) is 17.3 Å². The van der Waals surface area contributed by atoms with Crippen LogP contribution in [0.15, 0.2) is 42.6 Å². The fourth-order valence-electron chi connectivity index (χ4n) is 3.10. The largest absolute Gasteiger partial charge is 0.457 e. The van der Waals surface area contributed by atoms with Crippen LogP contribution in [-0.4, -0.2) is 21.8 Å². The first kappa shape index (κ1) is 20.8. The molecule has 29 heavy (non-hydrogen) atoms. The smallest absolute Gasteiger partial charge is 0.249 e. The highest BCUT2D eigenvalue weighted by atomic mass is 35.5. The summed E-state index contributed by atoms with van der Waals surface area (Å²) in [7, 11) is 0. The van der Waals surface area contributed by atoms with E-state index in [1.807, 2.05) is 6.92 Å². The fraction of sp³-hybridized carbons (Fsp3) is 0.227. The summed E-state index contributed by atoms with van der Waals surface area (Å²) in [6, 6.07) is 10.00. The van der Waals surface area contributed by atoms with Gasteiger partial charge in [0.2, 0.25) is 5.91 Å². The lowest BCUT2D eigenvalue weighted by Gasteiger charge is -2.12. The molecule has 7 heteroatoms. The number of Topliss-reactive ketones (excluding diaryl/α,β-unsaturated/α-hetero) is 1. The van der Waals surface area contributed by atoms with E-state index in [0.717, 1.165) is 12.0 Å². The molecular weight excluding hydrogens is 392 g/mol. The molecule has 3 N–H and O–H groups in total. The van der Waals surface area contributed by atoms with Gasteiger partial charge in [0.25, 0.3) is 0 Å². The van der Waals surface area contributed by atoms with E-state index in [1.54, 1.807) is 42.6 Å². The second-order valence-corrected chi connectivity index (χ2v) is 7.09. The summed E-state index contributed by atoms with van der Waals surface area (Å²) in [6.07, 6.45) is 3.19. The monoisotopic (exact) mass is 412 g/mol. The van der Waals surface area contributed by atoms with Gasteiger partial charge in [-0.05, 0) is 47.9 Å². The molecule has 3 rings (SSSR count). The summed E-state index contributed by atoms with van der Waals surface area (Å²) in [5.74, 6) is 0.450. The number of carbonyl (C=O) groups excluding carboxylic acids is 2. The molecule has 0 radical (unpaired) electrons. The van der Waals surface area contributed by atoms with Crippen molar-refractivity contribution in [3.63, 3.8) is 0 Å². The Balaban J connectivity index is 1.94. The summed E-state index contributed by atoms with van der Waals surface area (Å²) < 4.78 is 5.96. The third-order valence-corrected chi connectivity index (χ3v) is 4.88. The zero-order valence-corrected chi connectivity index (χ0v) is 16.7. The number of rotatable bonds is 8. The molecule has 1 amide bonds. The third kappa shape index (κ3) is 4.72. The molecule has 0 aliphatic heterocycles. The van der Waals surface area contributed by atoms with Crippen LogP contribution in [-0.2, 0) is 17.8 Å². The normalized spacial score (nSPS) is 10.9. The van der Waals surface area contributed by atoms with Gasteiger partial charge in [-0.3, -0.25) is 14.6 Å². The molecule has 0 fully saturated rings. The molecule has 0 aliphatic carbocycles. The van der Waals surface area contributed by atoms with Crippen molar-refractivity contribution in [1.82, 2.24) is 4.98 Å². The summed E-state index contributed by atoms with van der Waals surface area (Å²) in [4.78, 5) is 27.9. The number of amides is 1. The summed E-state index contributed by atoms with van der Waals surface area (Å²) in [5.41, 5.74) is 7.35. The van der Waals surface area contributed by atoms with Crippen LogP contribution in [0.5, 0.6) is 11.5 Å². The molecule has 0 saturated carbocycles. The minimum atomic E-state index is -0.644. The van der Waals surface area contributed by atoms with E-state index in [1.165, 1.54) is 0 Å². The van der Waals surface area contributed by atoms with E-state index >= 15 is 0 Å². The number of ether oxygens (including phenoxy) is 1. The van der Waals surface area contributed by atoms with Crippen molar-refractivity contribution in [1.29, 1.82) is 0 Å². The Morgan fingerprint density at radius 3 is 2.62 bits per heavy atom. The Bertz CT molecular complexity index is 1080. The van der Waals surface area contributed by atoms with Gasteiger partial charge >= 0.3 is 0 Å². The molecule has 150 valence electrons. The van der Waals surface area contributed by atoms with E-state index in [2.05, 4.69) is 4.98 Å². The first-order valence-electron chi connectivity index (χ1n) is 9.23. The number of benzene rings is 2. The average Bonchev–Trinajstić information content (AvgIpc) is 2.69. The minimum Gasteiger partial charge on any atom is -0.457 e. The quantitative estimate of drug-likeness (QED) is 0.577. The fourth-order valence-corrected chi connectivity index (χ4v) is 3.34. The van der Waals surface area contributed by atoms with Gasteiger partial charge in [-0.1, -0.05) is 24.6 Å². The van der Waals surface area contributed by atoms with Crippen molar-refractivity contribution in [3.8, 4) is 11.5 Å². The van der Waals surface area contributed by atoms with Crippen LogP contribution in [0.25, 0.3) is 10.9 Å². The lowest BCUT2D eigenvalue weighted by atomic mass is 10.0. The molecule has 2 aromatic carbocycles. The van der Waals surface area contributed by atoms with Crippen LogP contribution in [0.3, 0.4) is 0 Å². The number of primary amides is 1. The molecule has 0 saturated heterocycles. The number of nitrogens with two attached hydrogens (primary N) is 1. The van der Waals surface area contributed by atoms with Crippen LogP contribution >= 0.6 is 11.6 Å². The van der Waals surface area contributed by atoms with E-state index in [-0.39, 0.29) is 24.4 Å². The number of nitrogens with zero attached hydrogens (tertiary/aromatic N) is 1. The number of aliphatic hydroxyl groups is 1. The number of pyridine rings is 1. The molecule has 0 atom stereocenters. The van der Waals surface area contributed by atoms with Crippen LogP contribution < -0.4 is 10.5 Å². The maximum absolute atomic E-state index is 11.9. The van der Waals surface area contributed by atoms with Gasteiger partial charge in [0.15, 0.2) is 0 Å². The van der Waals surface area contributed by atoms with E-state index in [9.17, 15) is 14.7 Å². The van der Waals surface area contributed by atoms with Gasteiger partial charge in [-0.2, -0.15) is 0 Å². The molecular formula is C22H21ClN2O4. The molecule has 1 heterocycles. The Hall–Kier alpha value is -2.96. The first-order chi connectivity index (χ1) is 13.9. The van der Waals surface area contributed by atoms with Gasteiger partial charge < -0.3 is 15.6 Å². The molecule has 6 nitrogen and oxygen atoms in total. The van der Waals surface area contributed by atoms with Gasteiger partial charge in [-0.25, -0.2) is 0 Å². The summed E-state index contributed by atoms with van der Waals surface area (Å²) in [6.45, 7) is 1.64. The second kappa shape index (κ2) is 9.03. The molecule has 1 aromatic heterocycles. The summed E-state index contributed by atoms with van der Waals surface area (Å²) >= 11 is 6.33. The maximum atomic E-state index is 11.9. The highest BCUT2D eigenvalue weighted by molar-refractivity contribution is 6.31. The zero-order valence-electron chi connectivity index (χ0n) is 15.9. The van der Waals surface area contributed by atoms with Crippen molar-refractivity contribution < 1.29 is 19.4 Å². The van der Waals surface area contributed by atoms with E-state index < -0.39 is 5.91 Å². The molecule has 3 aromatic rings. The first-order valence-corrected chi connectivity index (χ1v) is 9.61. The standard InChI is InChI=1S/C22H21ClN2O4/c1-2-3-15(27)8-13-4-5-16(10-19(13)23)29-21-6-7-25-20-9-14(12-26)17(22(24)28)11-18(20)21/h4-7,9-11,26H,2-3,8,12H2,1H3,(H2,24,28). The van der Waals surface area contributed by atoms with E-state index in [4.69, 9.17) is 22.1 Å². The Morgan fingerprint density at radius 1 is 1.17 bits per heavy atom. The predicted octanol–water partition coefficient (Wildman–Crippen LogP) is 4.18. The number of hydrogen-bond donors (Lipinski definition) is 2. The molecule has 0 spiro atoms. The molecule has 0 unspecified atom stereocenters. The number of aliphatic hydroxyl groups excluding tert-OH is 1. The van der Waals surface area contributed by atoms with Crippen molar-refractivity contribution in [2.45, 2.75) is 32.8 Å². The highest BCUT2D eigenvalue weighted by Gasteiger charge is 2.14. The number of hydrogen-bond acceptors (Lipinski definition) is 5.